The van der Waals surface area contributed by atoms with Crippen molar-refractivity contribution in [3.8, 4) is 11.6 Å². The van der Waals surface area contributed by atoms with E-state index < -0.39 is 0 Å². The summed E-state index contributed by atoms with van der Waals surface area (Å²) < 4.78 is 13.7. The predicted octanol–water partition coefficient (Wildman–Crippen LogP) is 5.23. The first-order valence-electron chi connectivity index (χ1n) is 9.90. The molecule has 0 saturated carbocycles. The van der Waals surface area contributed by atoms with Gasteiger partial charge in [-0.25, -0.2) is 4.98 Å². The second kappa shape index (κ2) is 9.85. The Morgan fingerprint density at radius 3 is 2.78 bits per heavy atom. The van der Waals surface area contributed by atoms with Crippen LogP contribution in [0.1, 0.15) is 23.6 Å². The Hall–Kier alpha value is -2.68. The number of benzene rings is 1. The lowest BCUT2D eigenvalue weighted by Crippen LogP contribution is -2.28. The summed E-state index contributed by atoms with van der Waals surface area (Å²) in [5.41, 5.74) is 9.59. The van der Waals surface area contributed by atoms with Gasteiger partial charge in [-0.15, -0.1) is 0 Å². The van der Waals surface area contributed by atoms with Crippen molar-refractivity contribution >= 4 is 52.2 Å². The Kier molecular flexibility index (Phi) is 6.93. The number of hydrogen-bond acceptors (Lipinski definition) is 8. The molecule has 3 N–H and O–H groups in total. The summed E-state index contributed by atoms with van der Waals surface area (Å²) in [4.78, 5) is 8.37. The number of hydrogen-bond donors (Lipinski definition) is 2. The molecule has 0 fully saturated rings. The number of fused-ring (bicyclic) bond motifs is 1. The van der Waals surface area contributed by atoms with E-state index in [-0.39, 0.29) is 12.3 Å². The molecule has 4 rings (SSSR count). The molecule has 1 aliphatic rings. The van der Waals surface area contributed by atoms with Gasteiger partial charge in [0.2, 0.25) is 5.88 Å². The highest BCUT2D eigenvalue weighted by molar-refractivity contribution is 8.00. The molecule has 166 valence electrons. The molecule has 0 aliphatic carbocycles. The molecule has 2 aromatic heterocycles. The fourth-order valence-electron chi connectivity index (χ4n) is 3.23. The number of nitrogens with zero attached hydrogens (tertiary/aromatic N) is 3. The standard InChI is InChI=1S/C22H21Cl2N5O2S/c1-2-32-29-5-6-30-22-20(29)7-13(9-28-22)21(26)15-8-14(3-4-19(15)25)31-12-16-17(23)10-27-11-18(16)24/h3-4,7-11,26H,2,5-6,12,25H2,1H3. The van der Waals surface area contributed by atoms with E-state index in [1.165, 1.54) is 12.4 Å². The Morgan fingerprint density at radius 2 is 2.03 bits per heavy atom. The molecule has 0 atom stereocenters. The van der Waals surface area contributed by atoms with Gasteiger partial charge in [0.25, 0.3) is 0 Å². The second-order valence-electron chi connectivity index (χ2n) is 6.91. The van der Waals surface area contributed by atoms with Crippen LogP contribution in [0.4, 0.5) is 11.4 Å². The summed E-state index contributed by atoms with van der Waals surface area (Å²) in [5.74, 6) is 2.05. The fraction of sp³-hybridized carbons (Fsp3) is 0.227. The predicted molar refractivity (Wildman–Crippen MR) is 131 cm³/mol. The molecular formula is C22H21Cl2N5O2S. The van der Waals surface area contributed by atoms with Gasteiger partial charge in [-0.2, -0.15) is 0 Å². The maximum absolute atomic E-state index is 8.77. The van der Waals surface area contributed by atoms with Crippen molar-refractivity contribution in [3.63, 3.8) is 0 Å². The summed E-state index contributed by atoms with van der Waals surface area (Å²) in [6.45, 7) is 3.60. The van der Waals surface area contributed by atoms with E-state index in [1.807, 2.05) is 6.07 Å². The van der Waals surface area contributed by atoms with Gasteiger partial charge in [0, 0.05) is 46.7 Å². The SMILES string of the molecule is CCSN1CCOc2ncc(C(=N)c3cc(OCc4c(Cl)cncc4Cl)ccc3N)cc21. The number of ether oxygens (including phenoxy) is 2. The lowest BCUT2D eigenvalue weighted by Gasteiger charge is -2.29. The van der Waals surface area contributed by atoms with Crippen LogP contribution in [0, 0.1) is 5.41 Å². The normalized spacial score (nSPS) is 12.8. The minimum absolute atomic E-state index is 0.165. The largest absolute Gasteiger partial charge is 0.489 e. The van der Waals surface area contributed by atoms with Crippen molar-refractivity contribution in [2.75, 3.05) is 28.9 Å². The summed E-state index contributed by atoms with van der Waals surface area (Å²) in [7, 11) is 0. The number of rotatable bonds is 7. The molecule has 32 heavy (non-hydrogen) atoms. The molecule has 0 spiro atoms. The van der Waals surface area contributed by atoms with Crippen molar-refractivity contribution in [3.05, 3.63) is 69.6 Å². The van der Waals surface area contributed by atoms with Crippen LogP contribution in [0.5, 0.6) is 11.6 Å². The van der Waals surface area contributed by atoms with E-state index in [0.717, 1.165) is 18.0 Å². The number of anilines is 2. The highest BCUT2D eigenvalue weighted by atomic mass is 35.5. The van der Waals surface area contributed by atoms with Crippen molar-refractivity contribution in [1.82, 2.24) is 9.97 Å². The highest BCUT2D eigenvalue weighted by Crippen LogP contribution is 2.35. The molecule has 0 unspecified atom stereocenters. The highest BCUT2D eigenvalue weighted by Gasteiger charge is 2.22. The molecule has 0 bridgehead atoms. The van der Waals surface area contributed by atoms with Crippen LogP contribution >= 0.6 is 35.1 Å². The minimum Gasteiger partial charge on any atom is -0.489 e. The van der Waals surface area contributed by atoms with Crippen molar-refractivity contribution in [2.45, 2.75) is 13.5 Å². The molecule has 7 nitrogen and oxygen atoms in total. The first kappa shape index (κ1) is 22.5. The van der Waals surface area contributed by atoms with Crippen molar-refractivity contribution in [2.24, 2.45) is 0 Å². The molecule has 1 aromatic carbocycles. The van der Waals surface area contributed by atoms with Crippen LogP contribution in [0.2, 0.25) is 10.0 Å². The molecule has 0 radical (unpaired) electrons. The summed E-state index contributed by atoms with van der Waals surface area (Å²) in [5, 5.41) is 9.62. The first-order valence-corrected chi connectivity index (χ1v) is 11.6. The molecule has 3 aromatic rings. The third-order valence-corrected chi connectivity index (χ3v) is 6.44. The van der Waals surface area contributed by atoms with Gasteiger partial charge in [0.15, 0.2) is 0 Å². The van der Waals surface area contributed by atoms with Crippen LogP contribution in [0.3, 0.4) is 0 Å². The lowest BCUT2D eigenvalue weighted by molar-refractivity contribution is 0.305. The van der Waals surface area contributed by atoms with Gasteiger partial charge >= 0.3 is 0 Å². The van der Waals surface area contributed by atoms with Gasteiger partial charge in [-0.3, -0.25) is 10.4 Å². The van der Waals surface area contributed by atoms with Crippen LogP contribution in [0.15, 0.2) is 42.9 Å². The topological polar surface area (TPSA) is 97.3 Å². The van der Waals surface area contributed by atoms with Crippen LogP contribution in [-0.4, -0.2) is 34.6 Å². The number of halogens is 2. The molecule has 10 heteroatoms. The van der Waals surface area contributed by atoms with Crippen LogP contribution in [0.25, 0.3) is 0 Å². The zero-order chi connectivity index (χ0) is 22.7. The van der Waals surface area contributed by atoms with Gasteiger partial charge in [0.1, 0.15) is 24.7 Å². The smallest absolute Gasteiger partial charge is 0.238 e. The molecule has 0 saturated heterocycles. The summed E-state index contributed by atoms with van der Waals surface area (Å²) in [6.07, 6.45) is 4.66. The number of nitrogen functional groups attached to an aromatic ring is 1. The van der Waals surface area contributed by atoms with E-state index in [2.05, 4.69) is 21.2 Å². The van der Waals surface area contributed by atoms with E-state index in [4.69, 9.17) is 43.8 Å². The monoisotopic (exact) mass is 489 g/mol. The summed E-state index contributed by atoms with van der Waals surface area (Å²) in [6, 6.07) is 7.10. The van der Waals surface area contributed by atoms with Crippen LogP contribution in [-0.2, 0) is 6.61 Å². The van der Waals surface area contributed by atoms with E-state index in [0.29, 0.717) is 50.7 Å². The second-order valence-corrected chi connectivity index (χ2v) is 9.00. The van der Waals surface area contributed by atoms with Gasteiger partial charge in [0.05, 0.1) is 22.3 Å². The first-order chi connectivity index (χ1) is 15.5. The molecule has 0 amide bonds. The summed E-state index contributed by atoms with van der Waals surface area (Å²) >= 11 is 14.0. The van der Waals surface area contributed by atoms with Crippen molar-refractivity contribution in [1.29, 1.82) is 5.41 Å². The van der Waals surface area contributed by atoms with Crippen molar-refractivity contribution < 1.29 is 9.47 Å². The Balaban J connectivity index is 1.59. The Morgan fingerprint density at radius 1 is 1.25 bits per heavy atom. The average Bonchev–Trinajstić information content (AvgIpc) is 2.79. The van der Waals surface area contributed by atoms with E-state index in [1.54, 1.807) is 36.3 Å². The minimum atomic E-state index is 0.165. The quantitative estimate of drug-likeness (QED) is 0.266. The fourth-order valence-corrected chi connectivity index (χ4v) is 4.49. The Bertz CT molecular complexity index is 1140. The zero-order valence-corrected chi connectivity index (χ0v) is 19.6. The van der Waals surface area contributed by atoms with Crippen LogP contribution < -0.4 is 19.5 Å². The van der Waals surface area contributed by atoms with Gasteiger partial charge in [-0.05, 0) is 36.2 Å². The number of nitrogens with two attached hydrogens (primary N) is 1. The maximum atomic E-state index is 8.77. The zero-order valence-electron chi connectivity index (χ0n) is 17.3. The average molecular weight is 490 g/mol. The molecule has 1 aliphatic heterocycles. The van der Waals surface area contributed by atoms with Gasteiger partial charge in [-0.1, -0.05) is 30.1 Å². The number of aromatic nitrogens is 2. The third kappa shape index (κ3) is 4.72. The van der Waals surface area contributed by atoms with E-state index in [9.17, 15) is 0 Å². The number of pyridine rings is 2. The maximum Gasteiger partial charge on any atom is 0.238 e. The Labute approximate surface area is 200 Å². The van der Waals surface area contributed by atoms with E-state index >= 15 is 0 Å². The van der Waals surface area contributed by atoms with Gasteiger partial charge < -0.3 is 19.5 Å². The third-order valence-electron chi connectivity index (χ3n) is 4.84. The molecular weight excluding hydrogens is 469 g/mol. The number of nitrogens with one attached hydrogen (secondary N) is 1. The molecule has 3 heterocycles. The lowest BCUT2D eigenvalue weighted by atomic mass is 10.0.